The van der Waals surface area contributed by atoms with Crippen LogP contribution >= 0.6 is 0 Å². The summed E-state index contributed by atoms with van der Waals surface area (Å²) in [6, 6.07) is 17.4. The van der Waals surface area contributed by atoms with Gasteiger partial charge in [0.1, 0.15) is 18.0 Å². The van der Waals surface area contributed by atoms with Crippen molar-refractivity contribution in [3.8, 4) is 0 Å². The molecule has 1 atom stereocenters. The minimum absolute atomic E-state index is 0.0379. The smallest absolute Gasteiger partial charge is 0.255 e. The van der Waals surface area contributed by atoms with Gasteiger partial charge in [0.05, 0.1) is 5.41 Å². The molecular weight excluding hydrogens is 584 g/mol. The maximum Gasteiger partial charge on any atom is 0.255 e. The van der Waals surface area contributed by atoms with Crippen molar-refractivity contribution in [2.45, 2.75) is 56.7 Å². The molecule has 46 heavy (non-hydrogen) atoms. The van der Waals surface area contributed by atoms with Gasteiger partial charge in [-0.25, -0.2) is 4.98 Å². The van der Waals surface area contributed by atoms with Crippen molar-refractivity contribution in [1.29, 1.82) is 0 Å². The normalized spacial score (nSPS) is 19.4. The summed E-state index contributed by atoms with van der Waals surface area (Å²) in [5.74, 6) is -0.104. The van der Waals surface area contributed by atoms with Gasteiger partial charge < -0.3 is 30.5 Å². The fraction of sp³-hybridized carbons (Fsp3) is 0.400. The van der Waals surface area contributed by atoms with Crippen LogP contribution < -0.4 is 16.0 Å². The summed E-state index contributed by atoms with van der Waals surface area (Å²) in [4.78, 5) is 60.6. The molecule has 6 rings (SSSR count). The molecule has 240 valence electrons. The second-order valence-corrected chi connectivity index (χ2v) is 12.5. The van der Waals surface area contributed by atoms with Crippen LogP contribution in [0.15, 0.2) is 60.8 Å². The zero-order valence-corrected chi connectivity index (χ0v) is 26.5. The number of carbonyl (C=O) groups excluding carboxylic acids is 4. The van der Waals surface area contributed by atoms with E-state index in [1.165, 1.54) is 14.0 Å². The Kier molecular flexibility index (Phi) is 8.63. The summed E-state index contributed by atoms with van der Waals surface area (Å²) in [6.45, 7) is 2.98. The van der Waals surface area contributed by atoms with Crippen molar-refractivity contribution in [3.05, 3.63) is 88.6 Å². The van der Waals surface area contributed by atoms with Gasteiger partial charge in [-0.15, -0.1) is 0 Å². The molecule has 11 nitrogen and oxygen atoms in total. The number of piperidine rings is 1. The van der Waals surface area contributed by atoms with Gasteiger partial charge >= 0.3 is 0 Å². The molecule has 0 saturated carbocycles. The Morgan fingerprint density at radius 2 is 1.76 bits per heavy atom. The van der Waals surface area contributed by atoms with Gasteiger partial charge in [-0.05, 0) is 60.3 Å². The van der Waals surface area contributed by atoms with Crippen LogP contribution in [0, 0.1) is 0 Å². The summed E-state index contributed by atoms with van der Waals surface area (Å²) in [6.07, 6.45) is 3.44. The lowest BCUT2D eigenvalue weighted by atomic mass is 9.79. The highest BCUT2D eigenvalue weighted by atomic mass is 16.5. The van der Waals surface area contributed by atoms with Crippen molar-refractivity contribution < 1.29 is 23.9 Å². The number of hydrogen-bond acceptors (Lipinski definition) is 7. The quantitative estimate of drug-likeness (QED) is 0.334. The fourth-order valence-corrected chi connectivity index (χ4v) is 7.17. The molecule has 1 saturated heterocycles. The number of pyridine rings is 1. The van der Waals surface area contributed by atoms with E-state index >= 15 is 0 Å². The number of rotatable bonds is 9. The maximum atomic E-state index is 14.3. The van der Waals surface area contributed by atoms with Gasteiger partial charge in [-0.2, -0.15) is 0 Å². The highest BCUT2D eigenvalue weighted by Crippen LogP contribution is 2.47. The monoisotopic (exact) mass is 624 g/mol. The molecule has 0 radical (unpaired) electrons. The number of nitrogens with one attached hydrogen (secondary N) is 3. The molecule has 2 aromatic carbocycles. The Balaban J connectivity index is 1.22. The number of carbonyl (C=O) groups is 4. The average Bonchev–Trinajstić information content (AvgIpc) is 3.57. The van der Waals surface area contributed by atoms with E-state index in [1.807, 2.05) is 61.6 Å². The van der Waals surface area contributed by atoms with Gasteiger partial charge in [-0.3, -0.25) is 19.2 Å². The summed E-state index contributed by atoms with van der Waals surface area (Å²) < 4.78 is 5.88. The van der Waals surface area contributed by atoms with E-state index < -0.39 is 11.0 Å². The SMILES string of the molecule is CNCc1ccccc1CN(CC(=O)Nc1ccc2c(c1)C[C@@]1(C2)C(=O)Nc2ncccc21)C(=O)C1(OC)CCN(C(C)=O)CC1. The van der Waals surface area contributed by atoms with Crippen LogP contribution in [-0.2, 0) is 55.3 Å². The number of fused-ring (bicyclic) bond motifs is 3. The van der Waals surface area contributed by atoms with Crippen LogP contribution in [0.4, 0.5) is 11.5 Å². The van der Waals surface area contributed by atoms with Crippen LogP contribution in [0.3, 0.4) is 0 Å². The zero-order valence-electron chi connectivity index (χ0n) is 26.5. The zero-order chi connectivity index (χ0) is 32.5. The Labute approximate surface area is 268 Å². The second kappa shape index (κ2) is 12.6. The number of nitrogens with zero attached hydrogens (tertiary/aromatic N) is 3. The lowest BCUT2D eigenvalue weighted by Crippen LogP contribution is -2.57. The van der Waals surface area contributed by atoms with Gasteiger partial charge in [0, 0.05) is 70.5 Å². The van der Waals surface area contributed by atoms with Crippen molar-refractivity contribution >= 4 is 35.1 Å². The molecule has 1 aliphatic carbocycles. The molecule has 3 aliphatic rings. The number of anilines is 2. The van der Waals surface area contributed by atoms with E-state index in [4.69, 9.17) is 4.74 Å². The highest BCUT2D eigenvalue weighted by molar-refractivity contribution is 6.06. The molecular formula is C35H40N6O5. The third kappa shape index (κ3) is 5.76. The van der Waals surface area contributed by atoms with Crippen molar-refractivity contribution in [2.24, 2.45) is 0 Å². The summed E-state index contributed by atoms with van der Waals surface area (Å²) >= 11 is 0. The Morgan fingerprint density at radius 3 is 2.48 bits per heavy atom. The Hall–Kier alpha value is -4.61. The molecule has 1 spiro atoms. The largest absolute Gasteiger partial charge is 0.368 e. The molecule has 2 aliphatic heterocycles. The number of benzene rings is 2. The molecule has 3 N–H and O–H groups in total. The lowest BCUT2D eigenvalue weighted by Gasteiger charge is -2.42. The van der Waals surface area contributed by atoms with Crippen molar-refractivity contribution in [2.75, 3.05) is 44.4 Å². The van der Waals surface area contributed by atoms with Gasteiger partial charge in [0.15, 0.2) is 0 Å². The summed E-state index contributed by atoms with van der Waals surface area (Å²) in [5, 5.41) is 9.09. The van der Waals surface area contributed by atoms with Gasteiger partial charge in [0.2, 0.25) is 17.7 Å². The second-order valence-electron chi connectivity index (χ2n) is 12.5. The number of aromatic nitrogens is 1. The molecule has 3 heterocycles. The standard InChI is InChI=1S/C35H40N6O5/c1-23(42)40-15-12-35(46-3,13-16-40)33(45)41(21-26-8-5-4-7-25(26)20-36-2)22-30(43)38-28-11-10-24-18-34(19-27(24)17-28)29-9-6-14-37-31(29)39-32(34)44/h4-11,14,17,36H,12-13,15-16,18-22H2,1-3H3,(H,38,43)(H,37,39,44)/t34-/m1/s1. The number of methoxy groups -OCH3 is 1. The van der Waals surface area contributed by atoms with Crippen molar-refractivity contribution in [1.82, 2.24) is 20.1 Å². The van der Waals surface area contributed by atoms with E-state index in [9.17, 15) is 19.2 Å². The molecule has 11 heteroatoms. The first-order valence-corrected chi connectivity index (χ1v) is 15.7. The molecule has 0 unspecified atom stereocenters. The van der Waals surface area contributed by atoms with Crippen LogP contribution in [0.25, 0.3) is 0 Å². The molecule has 3 aromatic rings. The topological polar surface area (TPSA) is 133 Å². The predicted molar refractivity (Wildman–Crippen MR) is 173 cm³/mol. The van der Waals surface area contributed by atoms with E-state index in [0.717, 1.165) is 27.8 Å². The third-order valence-electron chi connectivity index (χ3n) is 9.73. The fourth-order valence-electron chi connectivity index (χ4n) is 7.17. The summed E-state index contributed by atoms with van der Waals surface area (Å²) in [5.41, 5.74) is 3.67. The van der Waals surface area contributed by atoms with Gasteiger partial charge in [-0.1, -0.05) is 36.4 Å². The maximum absolute atomic E-state index is 14.3. The average molecular weight is 625 g/mol. The van der Waals surface area contributed by atoms with Crippen LogP contribution in [-0.4, -0.2) is 77.8 Å². The van der Waals surface area contributed by atoms with Crippen LogP contribution in [0.2, 0.25) is 0 Å². The van der Waals surface area contributed by atoms with E-state index in [0.29, 0.717) is 56.8 Å². The molecule has 0 bridgehead atoms. The first kappa shape index (κ1) is 31.4. The third-order valence-corrected chi connectivity index (χ3v) is 9.73. The molecule has 4 amide bonds. The van der Waals surface area contributed by atoms with E-state index in [2.05, 4.69) is 20.9 Å². The van der Waals surface area contributed by atoms with E-state index in [1.54, 1.807) is 16.0 Å². The Bertz CT molecular complexity index is 1680. The van der Waals surface area contributed by atoms with Crippen LogP contribution in [0.1, 0.15) is 47.6 Å². The minimum Gasteiger partial charge on any atom is -0.368 e. The minimum atomic E-state index is -1.14. The Morgan fingerprint density at radius 1 is 1.02 bits per heavy atom. The number of ether oxygens (including phenoxy) is 1. The van der Waals surface area contributed by atoms with E-state index in [-0.39, 0.29) is 36.7 Å². The molecule has 1 aromatic heterocycles. The number of likely N-dealkylation sites (tertiary alicyclic amines) is 1. The summed E-state index contributed by atoms with van der Waals surface area (Å²) in [7, 11) is 3.38. The molecule has 1 fully saturated rings. The number of hydrogen-bond donors (Lipinski definition) is 3. The lowest BCUT2D eigenvalue weighted by molar-refractivity contribution is -0.164. The predicted octanol–water partition coefficient (Wildman–Crippen LogP) is 2.78. The number of amides is 4. The first-order valence-electron chi connectivity index (χ1n) is 15.7. The van der Waals surface area contributed by atoms with Crippen molar-refractivity contribution in [3.63, 3.8) is 0 Å². The highest BCUT2D eigenvalue weighted by Gasteiger charge is 2.51. The first-order chi connectivity index (χ1) is 22.2. The van der Waals surface area contributed by atoms with Gasteiger partial charge in [0.25, 0.3) is 5.91 Å². The van der Waals surface area contributed by atoms with Crippen LogP contribution in [0.5, 0.6) is 0 Å².